The zero-order valence-corrected chi connectivity index (χ0v) is 11.3. The number of methoxy groups -OCH3 is 1. The summed E-state index contributed by atoms with van der Waals surface area (Å²) in [7, 11) is 3.12. The lowest BCUT2D eigenvalue weighted by Crippen LogP contribution is -2.08. The fraction of sp³-hybridized carbons (Fsp3) is 0.308. The van der Waals surface area contributed by atoms with Crippen molar-refractivity contribution in [1.82, 2.24) is 9.78 Å². The van der Waals surface area contributed by atoms with Crippen molar-refractivity contribution in [1.29, 1.82) is 0 Å². The molecule has 0 aliphatic carbocycles. The van der Waals surface area contributed by atoms with Gasteiger partial charge in [-0.1, -0.05) is 6.07 Å². The first-order valence-corrected chi connectivity index (χ1v) is 5.98. The van der Waals surface area contributed by atoms with E-state index < -0.39 is 17.6 Å². The third-order valence-electron chi connectivity index (χ3n) is 2.84. The quantitative estimate of drug-likeness (QED) is 0.882. The fourth-order valence-electron chi connectivity index (χ4n) is 1.80. The molecule has 0 bridgehead atoms. The van der Waals surface area contributed by atoms with E-state index in [1.54, 1.807) is 13.2 Å². The van der Waals surface area contributed by atoms with Gasteiger partial charge in [-0.15, -0.1) is 5.10 Å². The number of aromatic nitrogens is 2. The van der Waals surface area contributed by atoms with Crippen molar-refractivity contribution in [2.24, 2.45) is 7.05 Å². The van der Waals surface area contributed by atoms with E-state index in [0.717, 1.165) is 12.1 Å². The van der Waals surface area contributed by atoms with Gasteiger partial charge in [0.15, 0.2) is 0 Å². The Kier molecular flexibility index (Phi) is 4.06. The molecule has 0 saturated carbocycles. The molecule has 0 spiro atoms. The van der Waals surface area contributed by atoms with Crippen LogP contribution < -0.4 is 10.1 Å². The fourth-order valence-corrected chi connectivity index (χ4v) is 1.80. The molecule has 2 aromatic rings. The summed E-state index contributed by atoms with van der Waals surface area (Å²) in [5.41, 5.74) is -0.365. The van der Waals surface area contributed by atoms with Crippen LogP contribution in [-0.4, -0.2) is 16.9 Å². The number of nitrogens with zero attached hydrogens (tertiary/aromatic N) is 2. The highest BCUT2D eigenvalue weighted by molar-refractivity contribution is 5.51. The lowest BCUT2D eigenvalue weighted by atomic mass is 10.1. The van der Waals surface area contributed by atoms with E-state index in [1.165, 1.54) is 11.8 Å². The maximum absolute atomic E-state index is 13.7. The van der Waals surface area contributed by atoms with Crippen LogP contribution in [0.4, 0.5) is 23.2 Å². The largest absolute Gasteiger partial charge is 0.478 e. The molecule has 0 fully saturated rings. The summed E-state index contributed by atoms with van der Waals surface area (Å²) in [4.78, 5) is 0. The van der Waals surface area contributed by atoms with Crippen LogP contribution in [0.15, 0.2) is 24.4 Å². The standard InChI is InChI=1S/C13H13F4N3O/c1-20-7-11(12(19-20)21-2)18-6-8-3-4-9(5-10(8)14)13(15,16)17/h3-5,7,18H,6H2,1-2H3. The zero-order valence-electron chi connectivity index (χ0n) is 11.3. The number of anilines is 1. The van der Waals surface area contributed by atoms with Gasteiger partial charge in [0.05, 0.1) is 18.9 Å². The lowest BCUT2D eigenvalue weighted by molar-refractivity contribution is -0.137. The lowest BCUT2D eigenvalue weighted by Gasteiger charge is -2.10. The molecular formula is C13H13F4N3O. The molecule has 0 unspecified atom stereocenters. The van der Waals surface area contributed by atoms with Crippen LogP contribution in [0.5, 0.6) is 5.88 Å². The molecule has 21 heavy (non-hydrogen) atoms. The third-order valence-corrected chi connectivity index (χ3v) is 2.84. The third kappa shape index (κ3) is 3.45. The van der Waals surface area contributed by atoms with E-state index in [0.29, 0.717) is 17.6 Å². The van der Waals surface area contributed by atoms with E-state index in [-0.39, 0.29) is 12.1 Å². The van der Waals surface area contributed by atoms with Gasteiger partial charge in [-0.05, 0) is 12.1 Å². The highest BCUT2D eigenvalue weighted by Crippen LogP contribution is 2.30. The highest BCUT2D eigenvalue weighted by atomic mass is 19.4. The van der Waals surface area contributed by atoms with Crippen LogP contribution in [0.3, 0.4) is 0 Å². The van der Waals surface area contributed by atoms with E-state index >= 15 is 0 Å². The molecule has 1 aromatic carbocycles. The predicted molar refractivity (Wildman–Crippen MR) is 68.5 cm³/mol. The first-order chi connectivity index (χ1) is 9.81. The molecule has 0 radical (unpaired) electrons. The number of rotatable bonds is 4. The number of hydrogen-bond acceptors (Lipinski definition) is 3. The Bertz CT molecular complexity index is 637. The minimum absolute atomic E-state index is 0.0199. The van der Waals surface area contributed by atoms with Crippen molar-refractivity contribution in [3.8, 4) is 5.88 Å². The summed E-state index contributed by atoms with van der Waals surface area (Å²) in [6, 6.07) is 2.44. The highest BCUT2D eigenvalue weighted by Gasteiger charge is 2.31. The van der Waals surface area contributed by atoms with E-state index in [4.69, 9.17) is 4.74 Å². The average Bonchev–Trinajstić information content (AvgIpc) is 2.76. The molecule has 1 N–H and O–H groups in total. The first kappa shape index (κ1) is 15.1. The summed E-state index contributed by atoms with van der Waals surface area (Å²) >= 11 is 0. The van der Waals surface area contributed by atoms with E-state index in [1.807, 2.05) is 0 Å². The van der Waals surface area contributed by atoms with Gasteiger partial charge in [0.1, 0.15) is 11.5 Å². The van der Waals surface area contributed by atoms with Gasteiger partial charge in [-0.25, -0.2) is 4.39 Å². The van der Waals surface area contributed by atoms with Gasteiger partial charge < -0.3 is 10.1 Å². The topological polar surface area (TPSA) is 39.1 Å². The molecule has 8 heteroatoms. The van der Waals surface area contributed by atoms with Crippen molar-refractivity contribution in [3.63, 3.8) is 0 Å². The van der Waals surface area contributed by atoms with Crippen LogP contribution in [0.2, 0.25) is 0 Å². The van der Waals surface area contributed by atoms with Crippen molar-refractivity contribution < 1.29 is 22.3 Å². The van der Waals surface area contributed by atoms with Gasteiger partial charge in [0.25, 0.3) is 5.88 Å². The summed E-state index contributed by atoms with van der Waals surface area (Å²) in [5.74, 6) is -0.593. The Morgan fingerprint density at radius 2 is 2.05 bits per heavy atom. The van der Waals surface area contributed by atoms with Crippen LogP contribution in [-0.2, 0) is 19.8 Å². The molecule has 0 aliphatic rings. The van der Waals surface area contributed by atoms with Gasteiger partial charge in [-0.2, -0.15) is 13.2 Å². The number of aryl methyl sites for hydroxylation is 1. The Labute approximate surface area is 118 Å². The normalized spacial score (nSPS) is 11.5. The molecule has 0 saturated heterocycles. The molecule has 114 valence electrons. The van der Waals surface area contributed by atoms with Gasteiger partial charge in [0, 0.05) is 19.2 Å². The van der Waals surface area contributed by atoms with Gasteiger partial charge in [0.2, 0.25) is 0 Å². The molecular weight excluding hydrogens is 290 g/mol. The van der Waals surface area contributed by atoms with E-state index in [2.05, 4.69) is 10.4 Å². The monoisotopic (exact) mass is 303 g/mol. The molecule has 1 heterocycles. The van der Waals surface area contributed by atoms with E-state index in [9.17, 15) is 17.6 Å². The van der Waals surface area contributed by atoms with Crippen LogP contribution in [0.1, 0.15) is 11.1 Å². The second-order valence-corrected chi connectivity index (χ2v) is 4.38. The van der Waals surface area contributed by atoms with Crippen molar-refractivity contribution >= 4 is 5.69 Å². The van der Waals surface area contributed by atoms with Crippen molar-refractivity contribution in [3.05, 3.63) is 41.3 Å². The van der Waals surface area contributed by atoms with Gasteiger partial charge in [-0.3, -0.25) is 4.68 Å². The second kappa shape index (κ2) is 5.63. The number of alkyl halides is 3. The predicted octanol–water partition coefficient (Wildman–Crippen LogP) is 3.20. The van der Waals surface area contributed by atoms with Crippen molar-refractivity contribution in [2.75, 3.05) is 12.4 Å². The van der Waals surface area contributed by atoms with Gasteiger partial charge >= 0.3 is 6.18 Å². The molecule has 0 atom stereocenters. The van der Waals surface area contributed by atoms with Crippen LogP contribution in [0.25, 0.3) is 0 Å². The molecule has 0 amide bonds. The maximum atomic E-state index is 13.7. The SMILES string of the molecule is COc1nn(C)cc1NCc1ccc(C(F)(F)F)cc1F. The molecule has 1 aromatic heterocycles. The Morgan fingerprint density at radius 1 is 1.33 bits per heavy atom. The number of benzene rings is 1. The van der Waals surface area contributed by atoms with Crippen LogP contribution >= 0.6 is 0 Å². The minimum Gasteiger partial charge on any atom is -0.478 e. The summed E-state index contributed by atoms with van der Waals surface area (Å²) in [6.45, 7) is 0.0199. The number of ether oxygens (including phenoxy) is 1. The molecule has 2 rings (SSSR count). The average molecular weight is 303 g/mol. The zero-order chi connectivity index (χ0) is 15.6. The summed E-state index contributed by atoms with van der Waals surface area (Å²) in [5, 5.41) is 6.87. The van der Waals surface area contributed by atoms with Crippen molar-refractivity contribution in [2.45, 2.75) is 12.7 Å². The summed E-state index contributed by atoms with van der Waals surface area (Å²) in [6.07, 6.45) is -2.93. The summed E-state index contributed by atoms with van der Waals surface area (Å²) < 4.78 is 57.5. The first-order valence-electron chi connectivity index (χ1n) is 5.98. The van der Waals surface area contributed by atoms with Crippen LogP contribution in [0, 0.1) is 5.82 Å². The Balaban J connectivity index is 2.13. The number of nitrogens with one attached hydrogen (secondary N) is 1. The number of hydrogen-bond donors (Lipinski definition) is 1. The Hall–Kier alpha value is -2.25. The smallest absolute Gasteiger partial charge is 0.416 e. The Morgan fingerprint density at radius 3 is 2.62 bits per heavy atom. The maximum Gasteiger partial charge on any atom is 0.416 e. The molecule has 4 nitrogen and oxygen atoms in total. The number of halogens is 4. The second-order valence-electron chi connectivity index (χ2n) is 4.38. The molecule has 0 aliphatic heterocycles. The minimum atomic E-state index is -4.56.